The van der Waals surface area contributed by atoms with Gasteiger partial charge in [-0.2, -0.15) is 0 Å². The Morgan fingerprint density at radius 1 is 0.833 bits per heavy atom. The van der Waals surface area contributed by atoms with Crippen LogP contribution in [-0.2, 0) is 0 Å². The van der Waals surface area contributed by atoms with Crippen molar-refractivity contribution in [2.75, 3.05) is 0 Å². The van der Waals surface area contributed by atoms with E-state index in [1.165, 1.54) is 25.8 Å². The van der Waals surface area contributed by atoms with Crippen LogP contribution in [0.25, 0.3) is 31.5 Å². The Morgan fingerprint density at radius 3 is 2.12 bits per heavy atom. The van der Waals surface area contributed by atoms with E-state index in [0.29, 0.717) is 0 Å². The molecule has 4 rings (SSSR count). The van der Waals surface area contributed by atoms with Crippen molar-refractivity contribution in [2.24, 2.45) is 0 Å². The zero-order chi connectivity index (χ0) is 16.5. The second kappa shape index (κ2) is 6.63. The van der Waals surface area contributed by atoms with Gasteiger partial charge < -0.3 is 0 Å². The average Bonchev–Trinajstić information content (AvgIpc) is 3.19. The minimum atomic E-state index is 0.923. The molecule has 0 spiro atoms. The predicted octanol–water partition coefficient (Wildman–Crippen LogP) is 7.28. The van der Waals surface area contributed by atoms with Crippen LogP contribution in [0.5, 0.6) is 0 Å². The Morgan fingerprint density at radius 2 is 1.46 bits per heavy atom. The van der Waals surface area contributed by atoms with Gasteiger partial charge in [-0.1, -0.05) is 60.7 Å². The predicted molar refractivity (Wildman–Crippen MR) is 109 cm³/mol. The molecule has 2 heterocycles. The van der Waals surface area contributed by atoms with Crippen LogP contribution in [0.4, 0.5) is 0 Å². The molecule has 0 aliphatic rings. The fourth-order valence-electron chi connectivity index (χ4n) is 2.62. The number of thiophene rings is 1. The normalized spacial score (nSPS) is 10.9. The molecule has 4 aromatic rings. The SMILES string of the molecule is Cc1sc(-c2ccccc2)cc1-c1sc(-c2ccccc2)nc1Br. The van der Waals surface area contributed by atoms with Crippen molar-refractivity contribution in [3.8, 4) is 31.5 Å². The summed E-state index contributed by atoms with van der Waals surface area (Å²) >= 11 is 7.23. The van der Waals surface area contributed by atoms with Crippen LogP contribution in [0.1, 0.15) is 4.88 Å². The zero-order valence-electron chi connectivity index (χ0n) is 13.0. The number of aromatic nitrogens is 1. The molecule has 0 saturated heterocycles. The van der Waals surface area contributed by atoms with E-state index in [2.05, 4.69) is 71.4 Å². The lowest BCUT2D eigenvalue weighted by Crippen LogP contribution is -1.74. The Kier molecular flexibility index (Phi) is 4.35. The van der Waals surface area contributed by atoms with E-state index in [4.69, 9.17) is 4.98 Å². The molecule has 0 bridgehead atoms. The van der Waals surface area contributed by atoms with Crippen LogP contribution in [0.2, 0.25) is 0 Å². The maximum absolute atomic E-state index is 4.72. The molecule has 0 amide bonds. The molecule has 0 N–H and O–H groups in total. The third kappa shape index (κ3) is 2.97. The first-order valence-corrected chi connectivity index (χ1v) is 10.0. The van der Waals surface area contributed by atoms with Gasteiger partial charge in [0.15, 0.2) is 0 Å². The maximum Gasteiger partial charge on any atom is 0.125 e. The number of halogens is 1. The summed E-state index contributed by atoms with van der Waals surface area (Å²) in [6.45, 7) is 2.18. The van der Waals surface area contributed by atoms with Gasteiger partial charge in [-0.25, -0.2) is 4.98 Å². The highest BCUT2D eigenvalue weighted by Crippen LogP contribution is 2.44. The quantitative estimate of drug-likeness (QED) is 0.345. The van der Waals surface area contributed by atoms with Gasteiger partial charge in [-0.15, -0.1) is 22.7 Å². The fraction of sp³-hybridized carbons (Fsp3) is 0.0500. The molecular formula is C20H14BrNS2. The lowest BCUT2D eigenvalue weighted by Gasteiger charge is -1.95. The van der Waals surface area contributed by atoms with Crippen LogP contribution in [0, 0.1) is 6.92 Å². The number of nitrogens with zero attached hydrogens (tertiary/aromatic N) is 1. The zero-order valence-corrected chi connectivity index (χ0v) is 16.2. The summed E-state index contributed by atoms with van der Waals surface area (Å²) in [6, 6.07) is 23.2. The van der Waals surface area contributed by atoms with E-state index in [0.717, 1.165) is 15.2 Å². The summed E-state index contributed by atoms with van der Waals surface area (Å²) in [5.41, 5.74) is 3.69. The minimum Gasteiger partial charge on any atom is -0.228 e. The van der Waals surface area contributed by atoms with Crippen molar-refractivity contribution in [3.63, 3.8) is 0 Å². The Bertz CT molecular complexity index is 890. The maximum atomic E-state index is 4.72. The number of hydrogen-bond donors (Lipinski definition) is 0. The molecule has 1 nitrogen and oxygen atoms in total. The van der Waals surface area contributed by atoms with Gasteiger partial charge in [0, 0.05) is 20.9 Å². The van der Waals surface area contributed by atoms with Gasteiger partial charge >= 0.3 is 0 Å². The summed E-state index contributed by atoms with van der Waals surface area (Å²) < 4.78 is 0.923. The third-order valence-corrected chi connectivity index (χ3v) is 6.90. The molecule has 24 heavy (non-hydrogen) atoms. The van der Waals surface area contributed by atoms with Gasteiger partial charge in [0.2, 0.25) is 0 Å². The molecular weight excluding hydrogens is 398 g/mol. The summed E-state index contributed by atoms with van der Waals surface area (Å²) in [6.07, 6.45) is 0. The van der Waals surface area contributed by atoms with Gasteiger partial charge in [0.25, 0.3) is 0 Å². The molecule has 0 unspecified atom stereocenters. The van der Waals surface area contributed by atoms with E-state index in [9.17, 15) is 0 Å². The van der Waals surface area contributed by atoms with Crippen LogP contribution in [0.3, 0.4) is 0 Å². The molecule has 0 aliphatic heterocycles. The van der Waals surface area contributed by atoms with Gasteiger partial charge in [0.1, 0.15) is 9.61 Å². The Hall–Kier alpha value is -1.75. The smallest absolute Gasteiger partial charge is 0.125 e. The van der Waals surface area contributed by atoms with Gasteiger partial charge in [-0.05, 0) is 34.5 Å². The Labute approximate surface area is 157 Å². The number of aryl methyl sites for hydroxylation is 1. The van der Waals surface area contributed by atoms with E-state index in [-0.39, 0.29) is 0 Å². The molecule has 2 aromatic heterocycles. The molecule has 0 radical (unpaired) electrons. The minimum absolute atomic E-state index is 0.923. The first-order chi connectivity index (χ1) is 11.7. The fourth-order valence-corrected chi connectivity index (χ4v) is 5.51. The van der Waals surface area contributed by atoms with Crippen LogP contribution < -0.4 is 0 Å². The Balaban J connectivity index is 1.78. The number of rotatable bonds is 3. The molecule has 0 fully saturated rings. The average molecular weight is 412 g/mol. The second-order valence-corrected chi connectivity index (χ2v) is 8.46. The van der Waals surface area contributed by atoms with Crippen LogP contribution in [0.15, 0.2) is 71.3 Å². The van der Waals surface area contributed by atoms with E-state index >= 15 is 0 Å². The van der Waals surface area contributed by atoms with Crippen molar-refractivity contribution < 1.29 is 0 Å². The van der Waals surface area contributed by atoms with Crippen molar-refractivity contribution >= 4 is 38.6 Å². The summed E-state index contributed by atoms with van der Waals surface area (Å²) in [7, 11) is 0. The lowest BCUT2D eigenvalue weighted by atomic mass is 10.1. The molecule has 4 heteroatoms. The summed E-state index contributed by atoms with van der Waals surface area (Å²) in [4.78, 5) is 8.53. The topological polar surface area (TPSA) is 12.9 Å². The highest BCUT2D eigenvalue weighted by atomic mass is 79.9. The molecule has 0 aliphatic carbocycles. The van der Waals surface area contributed by atoms with Gasteiger partial charge in [-0.3, -0.25) is 0 Å². The second-order valence-electron chi connectivity index (χ2n) is 5.45. The van der Waals surface area contributed by atoms with Gasteiger partial charge in [0.05, 0.1) is 4.88 Å². The highest BCUT2D eigenvalue weighted by Gasteiger charge is 2.17. The number of hydrogen-bond acceptors (Lipinski definition) is 3. The van der Waals surface area contributed by atoms with Crippen LogP contribution in [-0.4, -0.2) is 4.98 Å². The van der Waals surface area contributed by atoms with Crippen molar-refractivity contribution in [3.05, 3.63) is 76.2 Å². The van der Waals surface area contributed by atoms with E-state index in [1.54, 1.807) is 11.3 Å². The van der Waals surface area contributed by atoms with Crippen LogP contribution >= 0.6 is 38.6 Å². The molecule has 118 valence electrons. The first kappa shape index (κ1) is 15.8. The van der Waals surface area contributed by atoms with Crippen molar-refractivity contribution in [1.82, 2.24) is 4.98 Å². The standard InChI is InChI=1S/C20H14BrNS2/c1-13-16(12-17(23-13)14-8-4-2-5-9-14)18-19(21)22-20(24-18)15-10-6-3-7-11-15/h2-12H,1H3. The molecule has 2 aromatic carbocycles. The largest absolute Gasteiger partial charge is 0.228 e. The highest BCUT2D eigenvalue weighted by molar-refractivity contribution is 9.10. The van der Waals surface area contributed by atoms with Crippen molar-refractivity contribution in [1.29, 1.82) is 0 Å². The summed E-state index contributed by atoms with van der Waals surface area (Å²) in [5.74, 6) is 0. The monoisotopic (exact) mass is 411 g/mol. The van der Waals surface area contributed by atoms with E-state index in [1.807, 2.05) is 29.5 Å². The number of benzene rings is 2. The van der Waals surface area contributed by atoms with Crippen molar-refractivity contribution in [2.45, 2.75) is 6.92 Å². The van der Waals surface area contributed by atoms with E-state index < -0.39 is 0 Å². The number of thiazole rings is 1. The lowest BCUT2D eigenvalue weighted by molar-refractivity contribution is 1.36. The first-order valence-electron chi connectivity index (χ1n) is 7.60. The third-order valence-electron chi connectivity index (χ3n) is 3.83. The summed E-state index contributed by atoms with van der Waals surface area (Å²) in [5, 5.41) is 1.05. The molecule has 0 atom stereocenters. The molecule has 0 saturated carbocycles.